The van der Waals surface area contributed by atoms with Crippen molar-refractivity contribution in [3.05, 3.63) is 30.4 Å². The molecule has 1 amide bonds. The van der Waals surface area contributed by atoms with Crippen LogP contribution in [0.2, 0.25) is 0 Å². The van der Waals surface area contributed by atoms with Crippen LogP contribution in [0.25, 0.3) is 5.52 Å². The highest BCUT2D eigenvalue weighted by atomic mass is 16.6. The molecule has 15 heavy (non-hydrogen) atoms. The molecule has 2 rings (SSSR count). The summed E-state index contributed by atoms with van der Waals surface area (Å²) in [5.74, 6) is -0.320. The molecule has 0 aliphatic carbocycles. The van der Waals surface area contributed by atoms with Crippen LogP contribution >= 0.6 is 0 Å². The highest BCUT2D eigenvalue weighted by Gasteiger charge is 2.11. The third-order valence-corrected chi connectivity index (χ3v) is 1.88. The molecular weight excluding hydrogens is 196 g/mol. The molecular formula is C9H10N4O2. The topological polar surface area (TPSA) is 68.5 Å². The Balaban J connectivity index is 2.31. The van der Waals surface area contributed by atoms with Gasteiger partial charge < -0.3 is 0 Å². The molecule has 0 aliphatic heterocycles. The molecule has 0 bridgehead atoms. The van der Waals surface area contributed by atoms with Gasteiger partial charge in [0.2, 0.25) is 0 Å². The minimum absolute atomic E-state index is 0.320. The quantitative estimate of drug-likeness (QED) is 0.738. The van der Waals surface area contributed by atoms with Crippen LogP contribution in [0.15, 0.2) is 24.8 Å². The second kappa shape index (κ2) is 4.05. The molecule has 0 spiro atoms. The summed E-state index contributed by atoms with van der Waals surface area (Å²) in [6.45, 7) is 2.21. The van der Waals surface area contributed by atoms with E-state index in [4.69, 9.17) is 4.84 Å². The Morgan fingerprint density at radius 3 is 3.27 bits per heavy atom. The largest absolute Gasteiger partial charge is 0.278 e. The molecule has 1 N–H and O–H groups in total. The van der Waals surface area contributed by atoms with Crippen LogP contribution in [0.5, 0.6) is 0 Å². The van der Waals surface area contributed by atoms with Gasteiger partial charge in [0.1, 0.15) is 0 Å². The van der Waals surface area contributed by atoms with Crippen molar-refractivity contribution in [3.8, 4) is 0 Å². The fraction of sp³-hybridized carbons (Fsp3) is 0.222. The van der Waals surface area contributed by atoms with Crippen molar-refractivity contribution in [1.82, 2.24) is 20.1 Å². The molecule has 2 aromatic heterocycles. The normalized spacial score (nSPS) is 10.5. The number of hydroxylamine groups is 1. The van der Waals surface area contributed by atoms with Crippen LogP contribution in [0.3, 0.4) is 0 Å². The maximum Gasteiger partial charge on any atom is 0.278 e. The monoisotopic (exact) mass is 206 g/mol. The first kappa shape index (κ1) is 9.60. The predicted octanol–water partition coefficient (Wildman–Crippen LogP) is 0.411. The molecule has 0 unspecified atom stereocenters. The first-order chi connectivity index (χ1) is 7.33. The van der Waals surface area contributed by atoms with E-state index >= 15 is 0 Å². The summed E-state index contributed by atoms with van der Waals surface area (Å²) in [5.41, 5.74) is 3.40. The maximum atomic E-state index is 11.6. The average molecular weight is 206 g/mol. The molecule has 0 saturated carbocycles. The Morgan fingerprint density at radius 2 is 2.47 bits per heavy atom. The van der Waals surface area contributed by atoms with E-state index in [0.717, 1.165) is 0 Å². The van der Waals surface area contributed by atoms with E-state index in [1.807, 2.05) is 0 Å². The van der Waals surface area contributed by atoms with Crippen molar-refractivity contribution in [1.29, 1.82) is 0 Å². The average Bonchev–Trinajstić information content (AvgIpc) is 2.69. The first-order valence-corrected chi connectivity index (χ1v) is 4.52. The highest BCUT2D eigenvalue weighted by Crippen LogP contribution is 2.07. The van der Waals surface area contributed by atoms with Gasteiger partial charge in [-0.05, 0) is 6.92 Å². The molecule has 6 heteroatoms. The molecule has 2 aromatic rings. The third kappa shape index (κ3) is 1.79. The molecule has 0 aliphatic rings. The van der Waals surface area contributed by atoms with E-state index in [1.165, 1.54) is 6.20 Å². The number of nitrogens with one attached hydrogen (secondary N) is 1. The summed E-state index contributed by atoms with van der Waals surface area (Å²) in [5, 5.41) is 4.01. The maximum absolute atomic E-state index is 11.6. The number of rotatable bonds is 3. The summed E-state index contributed by atoms with van der Waals surface area (Å²) in [6.07, 6.45) is 6.33. The molecule has 0 saturated heterocycles. The number of carbonyl (C=O) groups is 1. The summed E-state index contributed by atoms with van der Waals surface area (Å²) in [4.78, 5) is 20.3. The van der Waals surface area contributed by atoms with Crippen LogP contribution < -0.4 is 5.48 Å². The Hall–Kier alpha value is -1.95. The van der Waals surface area contributed by atoms with E-state index < -0.39 is 0 Å². The van der Waals surface area contributed by atoms with Gasteiger partial charge in [-0.3, -0.25) is 14.6 Å². The first-order valence-electron chi connectivity index (χ1n) is 4.52. The van der Waals surface area contributed by atoms with Gasteiger partial charge in [0.15, 0.2) is 0 Å². The number of amides is 1. The lowest BCUT2D eigenvalue weighted by Crippen LogP contribution is -2.23. The van der Waals surface area contributed by atoms with Gasteiger partial charge in [0, 0.05) is 12.4 Å². The number of carbonyl (C=O) groups excluding carboxylic acids is 1. The van der Waals surface area contributed by atoms with Crippen LogP contribution in [0.1, 0.15) is 17.3 Å². The lowest BCUT2D eigenvalue weighted by atomic mass is 10.3. The number of aromatic nitrogens is 3. The number of hydrogen-bond donors (Lipinski definition) is 1. The number of fused-ring (bicyclic) bond motifs is 1. The van der Waals surface area contributed by atoms with Crippen molar-refractivity contribution >= 4 is 11.4 Å². The molecule has 0 aromatic carbocycles. The summed E-state index contributed by atoms with van der Waals surface area (Å²) in [7, 11) is 0. The Labute approximate surface area is 85.8 Å². The Morgan fingerprint density at radius 1 is 1.60 bits per heavy atom. The smallest absolute Gasteiger partial charge is 0.274 e. The second-order valence-corrected chi connectivity index (χ2v) is 2.83. The van der Waals surface area contributed by atoms with Gasteiger partial charge in [-0.1, -0.05) is 0 Å². The molecule has 78 valence electrons. The number of nitrogens with zero attached hydrogens (tertiary/aromatic N) is 3. The number of hydrogen-bond acceptors (Lipinski definition) is 4. The second-order valence-electron chi connectivity index (χ2n) is 2.83. The van der Waals surface area contributed by atoms with E-state index in [9.17, 15) is 4.79 Å². The van der Waals surface area contributed by atoms with Gasteiger partial charge in [-0.2, -0.15) is 5.10 Å². The SMILES string of the molecule is CCONC(=O)c1cnn2ccncc12. The van der Waals surface area contributed by atoms with Gasteiger partial charge in [-0.25, -0.2) is 10.00 Å². The molecule has 0 radical (unpaired) electrons. The van der Waals surface area contributed by atoms with Crippen molar-refractivity contribution in [3.63, 3.8) is 0 Å². The zero-order chi connectivity index (χ0) is 10.7. The summed E-state index contributed by atoms with van der Waals surface area (Å²) >= 11 is 0. The van der Waals surface area contributed by atoms with E-state index in [-0.39, 0.29) is 5.91 Å². The fourth-order valence-electron chi connectivity index (χ4n) is 1.20. The molecule has 0 fully saturated rings. The standard InChI is InChI=1S/C9H10N4O2/c1-2-15-12-9(14)7-5-11-13-4-3-10-6-8(7)13/h3-6H,2H2,1H3,(H,12,14). The van der Waals surface area contributed by atoms with Crippen LogP contribution in [-0.4, -0.2) is 27.1 Å². The Kier molecular flexibility index (Phi) is 2.59. The minimum Gasteiger partial charge on any atom is -0.274 e. The highest BCUT2D eigenvalue weighted by molar-refractivity contribution is 5.99. The predicted molar refractivity (Wildman–Crippen MR) is 52.1 cm³/mol. The van der Waals surface area contributed by atoms with Gasteiger partial charge in [0.25, 0.3) is 5.91 Å². The summed E-state index contributed by atoms with van der Waals surface area (Å²) in [6, 6.07) is 0. The van der Waals surface area contributed by atoms with Crippen molar-refractivity contribution in [2.24, 2.45) is 0 Å². The van der Waals surface area contributed by atoms with Crippen molar-refractivity contribution in [2.45, 2.75) is 6.92 Å². The van der Waals surface area contributed by atoms with Crippen molar-refractivity contribution < 1.29 is 9.63 Å². The molecule has 6 nitrogen and oxygen atoms in total. The third-order valence-electron chi connectivity index (χ3n) is 1.88. The lowest BCUT2D eigenvalue weighted by Gasteiger charge is -2.01. The van der Waals surface area contributed by atoms with Gasteiger partial charge in [0.05, 0.1) is 30.1 Å². The van der Waals surface area contributed by atoms with Crippen molar-refractivity contribution in [2.75, 3.05) is 6.61 Å². The van der Waals surface area contributed by atoms with Crippen LogP contribution in [-0.2, 0) is 4.84 Å². The van der Waals surface area contributed by atoms with E-state index in [0.29, 0.717) is 17.7 Å². The zero-order valence-corrected chi connectivity index (χ0v) is 8.17. The van der Waals surface area contributed by atoms with E-state index in [2.05, 4.69) is 15.6 Å². The van der Waals surface area contributed by atoms with Gasteiger partial charge >= 0.3 is 0 Å². The fourth-order valence-corrected chi connectivity index (χ4v) is 1.20. The lowest BCUT2D eigenvalue weighted by molar-refractivity contribution is 0.0366. The van der Waals surface area contributed by atoms with Gasteiger partial charge in [-0.15, -0.1) is 0 Å². The molecule has 0 atom stereocenters. The molecule has 2 heterocycles. The zero-order valence-electron chi connectivity index (χ0n) is 8.17. The summed E-state index contributed by atoms with van der Waals surface area (Å²) < 4.78 is 1.58. The van der Waals surface area contributed by atoms with E-state index in [1.54, 1.807) is 30.0 Å². The minimum atomic E-state index is -0.320. The Bertz CT molecular complexity index is 480. The van der Waals surface area contributed by atoms with Crippen LogP contribution in [0, 0.1) is 0 Å². The van der Waals surface area contributed by atoms with Crippen LogP contribution in [0.4, 0.5) is 0 Å².